The molecule has 2 aromatic carbocycles. The maximum atomic E-state index is 13.5. The van der Waals surface area contributed by atoms with E-state index in [1.807, 2.05) is 43.3 Å². The zero-order chi connectivity index (χ0) is 16.9. The maximum absolute atomic E-state index is 13.5. The molecule has 0 aliphatic carbocycles. The Kier molecular flexibility index (Phi) is 4.75. The number of rotatable bonds is 5. The molecule has 3 rings (SSSR count). The maximum Gasteiger partial charge on any atom is 0.224 e. The highest BCUT2D eigenvalue weighted by Crippen LogP contribution is 2.23. The van der Waals surface area contributed by atoms with Crippen molar-refractivity contribution >= 4 is 11.6 Å². The van der Waals surface area contributed by atoms with Gasteiger partial charge in [-0.2, -0.15) is 0 Å². The van der Waals surface area contributed by atoms with Crippen molar-refractivity contribution in [3.63, 3.8) is 0 Å². The van der Waals surface area contributed by atoms with Crippen LogP contribution in [-0.2, 0) is 11.2 Å². The van der Waals surface area contributed by atoms with Crippen LogP contribution in [0.5, 0.6) is 0 Å². The summed E-state index contributed by atoms with van der Waals surface area (Å²) in [6, 6.07) is 17.9. The van der Waals surface area contributed by atoms with Crippen LogP contribution < -0.4 is 5.32 Å². The lowest BCUT2D eigenvalue weighted by atomic mass is 10.1. The molecule has 122 valence electrons. The summed E-state index contributed by atoms with van der Waals surface area (Å²) in [4.78, 5) is 11.9. The predicted molar refractivity (Wildman–Crippen MR) is 92.2 cm³/mol. The molecule has 4 heteroatoms. The number of halogens is 1. The van der Waals surface area contributed by atoms with Crippen molar-refractivity contribution < 1.29 is 13.6 Å². The van der Waals surface area contributed by atoms with Crippen molar-refractivity contribution in [3.05, 3.63) is 77.8 Å². The fourth-order valence-electron chi connectivity index (χ4n) is 2.40. The minimum absolute atomic E-state index is 0.197. The molecule has 1 heterocycles. The number of para-hydroxylation sites is 1. The number of furan rings is 1. The van der Waals surface area contributed by atoms with E-state index in [1.54, 1.807) is 12.1 Å². The van der Waals surface area contributed by atoms with Gasteiger partial charge < -0.3 is 9.73 Å². The number of amides is 1. The summed E-state index contributed by atoms with van der Waals surface area (Å²) < 4.78 is 19.3. The van der Waals surface area contributed by atoms with Crippen LogP contribution in [0, 0.1) is 12.7 Å². The van der Waals surface area contributed by atoms with Crippen LogP contribution in [-0.4, -0.2) is 5.91 Å². The van der Waals surface area contributed by atoms with Gasteiger partial charge in [0, 0.05) is 18.4 Å². The van der Waals surface area contributed by atoms with E-state index in [0.29, 0.717) is 6.42 Å². The normalized spacial score (nSPS) is 10.6. The molecule has 0 bridgehead atoms. The van der Waals surface area contributed by atoms with Crippen LogP contribution in [0.25, 0.3) is 11.3 Å². The summed E-state index contributed by atoms with van der Waals surface area (Å²) in [5.74, 6) is 0.827. The van der Waals surface area contributed by atoms with E-state index >= 15 is 0 Å². The highest BCUT2D eigenvalue weighted by atomic mass is 19.1. The van der Waals surface area contributed by atoms with Gasteiger partial charge in [-0.1, -0.05) is 42.0 Å². The average molecular weight is 323 g/mol. The number of nitrogens with one attached hydrogen (secondary N) is 1. The summed E-state index contributed by atoms with van der Waals surface area (Å²) in [5, 5.41) is 2.57. The van der Waals surface area contributed by atoms with Crippen LogP contribution in [0.4, 0.5) is 10.1 Å². The summed E-state index contributed by atoms with van der Waals surface area (Å²) in [6.07, 6.45) is 0.696. The Hall–Kier alpha value is -2.88. The van der Waals surface area contributed by atoms with E-state index in [9.17, 15) is 9.18 Å². The molecule has 0 saturated heterocycles. The first-order valence-electron chi connectivity index (χ1n) is 7.82. The van der Waals surface area contributed by atoms with E-state index in [0.717, 1.165) is 17.1 Å². The number of hydrogen-bond acceptors (Lipinski definition) is 2. The van der Waals surface area contributed by atoms with Gasteiger partial charge >= 0.3 is 0 Å². The first kappa shape index (κ1) is 16.0. The molecule has 3 nitrogen and oxygen atoms in total. The van der Waals surface area contributed by atoms with Crippen molar-refractivity contribution in [2.45, 2.75) is 19.8 Å². The molecule has 3 aromatic rings. The molecule has 0 aliphatic heterocycles. The minimum Gasteiger partial charge on any atom is -0.461 e. The molecular weight excluding hydrogens is 305 g/mol. The zero-order valence-electron chi connectivity index (χ0n) is 13.4. The van der Waals surface area contributed by atoms with Crippen molar-refractivity contribution in [1.29, 1.82) is 0 Å². The van der Waals surface area contributed by atoms with Crippen LogP contribution in [0.2, 0.25) is 0 Å². The van der Waals surface area contributed by atoms with Crippen LogP contribution in [0.15, 0.2) is 65.1 Å². The van der Waals surface area contributed by atoms with Gasteiger partial charge in [0.2, 0.25) is 5.91 Å². The topological polar surface area (TPSA) is 42.2 Å². The van der Waals surface area contributed by atoms with Gasteiger partial charge in [-0.15, -0.1) is 0 Å². The highest BCUT2D eigenvalue weighted by Gasteiger charge is 2.09. The Morgan fingerprint density at radius 1 is 1.04 bits per heavy atom. The second kappa shape index (κ2) is 7.13. The number of carbonyl (C=O) groups is 1. The third kappa shape index (κ3) is 3.90. The Morgan fingerprint density at radius 3 is 2.54 bits per heavy atom. The number of hydrogen-bond donors (Lipinski definition) is 1. The Morgan fingerprint density at radius 2 is 1.79 bits per heavy atom. The van der Waals surface area contributed by atoms with Crippen molar-refractivity contribution in [3.8, 4) is 11.3 Å². The fraction of sp³-hybridized carbons (Fsp3) is 0.150. The number of carbonyl (C=O) groups excluding carboxylic acids is 1. The molecule has 0 radical (unpaired) electrons. The third-order valence-electron chi connectivity index (χ3n) is 3.74. The molecule has 0 fully saturated rings. The van der Waals surface area contributed by atoms with E-state index in [1.165, 1.54) is 17.7 Å². The monoisotopic (exact) mass is 323 g/mol. The van der Waals surface area contributed by atoms with Gasteiger partial charge in [0.15, 0.2) is 0 Å². The number of aryl methyl sites for hydroxylation is 2. The molecule has 0 spiro atoms. The average Bonchev–Trinajstić information content (AvgIpc) is 3.05. The van der Waals surface area contributed by atoms with Gasteiger partial charge in [-0.05, 0) is 31.2 Å². The Bertz CT molecular complexity index is 837. The van der Waals surface area contributed by atoms with E-state index in [2.05, 4.69) is 5.32 Å². The molecule has 1 aromatic heterocycles. The Labute approximate surface area is 140 Å². The number of benzene rings is 2. The molecule has 1 amide bonds. The highest BCUT2D eigenvalue weighted by molar-refractivity contribution is 5.90. The SMILES string of the molecule is Cc1ccc(-c2ccc(CCC(=O)Nc3ccccc3F)o2)cc1. The molecule has 1 N–H and O–H groups in total. The lowest BCUT2D eigenvalue weighted by Gasteiger charge is -2.05. The van der Waals surface area contributed by atoms with Gasteiger partial charge in [-0.25, -0.2) is 4.39 Å². The zero-order valence-corrected chi connectivity index (χ0v) is 13.4. The standard InChI is InChI=1S/C20H18FNO2/c1-14-6-8-15(9-7-14)19-12-10-16(24-19)11-13-20(23)22-18-5-3-2-4-17(18)21/h2-10,12H,11,13H2,1H3,(H,22,23). The first-order chi connectivity index (χ1) is 11.6. The number of anilines is 1. The van der Waals surface area contributed by atoms with Crippen LogP contribution in [0.3, 0.4) is 0 Å². The van der Waals surface area contributed by atoms with Crippen LogP contribution in [0.1, 0.15) is 17.7 Å². The molecule has 0 atom stereocenters. The summed E-state index contributed by atoms with van der Waals surface area (Å²) in [5.41, 5.74) is 2.39. The molecular formula is C20H18FNO2. The molecule has 0 saturated carbocycles. The van der Waals surface area contributed by atoms with E-state index in [4.69, 9.17) is 4.42 Å². The van der Waals surface area contributed by atoms with E-state index in [-0.39, 0.29) is 18.0 Å². The van der Waals surface area contributed by atoms with Crippen LogP contribution >= 0.6 is 0 Å². The lowest BCUT2D eigenvalue weighted by Crippen LogP contribution is -2.13. The largest absolute Gasteiger partial charge is 0.461 e. The van der Waals surface area contributed by atoms with Gasteiger partial charge in [0.05, 0.1) is 5.69 Å². The summed E-state index contributed by atoms with van der Waals surface area (Å²) in [7, 11) is 0. The first-order valence-corrected chi connectivity index (χ1v) is 7.82. The molecule has 24 heavy (non-hydrogen) atoms. The third-order valence-corrected chi connectivity index (χ3v) is 3.74. The smallest absolute Gasteiger partial charge is 0.224 e. The van der Waals surface area contributed by atoms with Gasteiger partial charge in [0.1, 0.15) is 17.3 Å². The predicted octanol–water partition coefficient (Wildman–Crippen LogP) is 4.97. The minimum atomic E-state index is -0.439. The summed E-state index contributed by atoms with van der Waals surface area (Å²) >= 11 is 0. The van der Waals surface area contributed by atoms with E-state index < -0.39 is 5.82 Å². The Balaban J connectivity index is 1.58. The quantitative estimate of drug-likeness (QED) is 0.720. The molecule has 0 unspecified atom stereocenters. The van der Waals surface area contributed by atoms with Crippen molar-refractivity contribution in [2.75, 3.05) is 5.32 Å². The second-order valence-corrected chi connectivity index (χ2v) is 5.66. The second-order valence-electron chi connectivity index (χ2n) is 5.66. The fourth-order valence-corrected chi connectivity index (χ4v) is 2.40. The summed E-state index contributed by atoms with van der Waals surface area (Å²) in [6.45, 7) is 2.03. The van der Waals surface area contributed by atoms with Crippen molar-refractivity contribution in [2.24, 2.45) is 0 Å². The lowest BCUT2D eigenvalue weighted by molar-refractivity contribution is -0.116. The van der Waals surface area contributed by atoms with Gasteiger partial charge in [-0.3, -0.25) is 4.79 Å². The van der Waals surface area contributed by atoms with Crippen molar-refractivity contribution in [1.82, 2.24) is 0 Å². The molecule has 0 aliphatic rings. The van der Waals surface area contributed by atoms with Gasteiger partial charge in [0.25, 0.3) is 0 Å².